The highest BCUT2D eigenvalue weighted by atomic mass is 16.5. The van der Waals surface area contributed by atoms with E-state index in [0.29, 0.717) is 13.2 Å². The van der Waals surface area contributed by atoms with Gasteiger partial charge in [0.25, 0.3) is 0 Å². The van der Waals surface area contributed by atoms with Crippen molar-refractivity contribution in [2.45, 2.75) is 45.1 Å². The van der Waals surface area contributed by atoms with Crippen molar-refractivity contribution in [3.05, 3.63) is 0 Å². The molecule has 1 aliphatic carbocycles. The van der Waals surface area contributed by atoms with Gasteiger partial charge in [-0.15, -0.1) is 0 Å². The fourth-order valence-electron chi connectivity index (χ4n) is 2.00. The van der Waals surface area contributed by atoms with Crippen LogP contribution in [0.5, 0.6) is 0 Å². The molecule has 0 aromatic rings. The summed E-state index contributed by atoms with van der Waals surface area (Å²) in [5.74, 6) is -0.819. The Morgan fingerprint density at radius 3 is 2.44 bits per heavy atom. The maximum Gasteiger partial charge on any atom is 0.306 e. The second-order valence-corrected chi connectivity index (χ2v) is 4.30. The molecule has 0 amide bonds. The minimum Gasteiger partial charge on any atom is -0.481 e. The van der Waals surface area contributed by atoms with E-state index >= 15 is 0 Å². The quantitative estimate of drug-likeness (QED) is 0.680. The van der Waals surface area contributed by atoms with Gasteiger partial charge in [-0.2, -0.15) is 0 Å². The van der Waals surface area contributed by atoms with Crippen LogP contribution in [-0.2, 0) is 14.3 Å². The van der Waals surface area contributed by atoms with Crippen LogP contribution >= 0.6 is 0 Å². The maximum atomic E-state index is 10.7. The van der Waals surface area contributed by atoms with Crippen molar-refractivity contribution < 1.29 is 19.4 Å². The predicted octanol–water partition coefficient (Wildman–Crippen LogP) is 2.07. The zero-order chi connectivity index (χ0) is 11.8. The van der Waals surface area contributed by atoms with Gasteiger partial charge in [0.2, 0.25) is 0 Å². The SMILES string of the molecule is CCCOCCOC1CCC(C(=O)O)CC1. The first kappa shape index (κ1) is 13.5. The van der Waals surface area contributed by atoms with Crippen molar-refractivity contribution in [1.82, 2.24) is 0 Å². The molecule has 1 aliphatic rings. The first-order valence-electron chi connectivity index (χ1n) is 6.16. The predicted molar refractivity (Wildman–Crippen MR) is 60.4 cm³/mol. The lowest BCUT2D eigenvalue weighted by Gasteiger charge is -2.26. The summed E-state index contributed by atoms with van der Waals surface area (Å²) < 4.78 is 11.0. The molecule has 0 unspecified atom stereocenters. The van der Waals surface area contributed by atoms with Gasteiger partial charge in [0.1, 0.15) is 0 Å². The Morgan fingerprint density at radius 2 is 1.88 bits per heavy atom. The number of aliphatic carboxylic acids is 1. The summed E-state index contributed by atoms with van der Waals surface area (Å²) in [4.78, 5) is 10.7. The molecule has 0 heterocycles. The first-order chi connectivity index (χ1) is 7.74. The fraction of sp³-hybridized carbons (Fsp3) is 0.917. The first-order valence-corrected chi connectivity index (χ1v) is 6.16. The zero-order valence-corrected chi connectivity index (χ0v) is 9.98. The van der Waals surface area contributed by atoms with Gasteiger partial charge in [0.15, 0.2) is 0 Å². The number of hydrogen-bond acceptors (Lipinski definition) is 3. The number of ether oxygens (including phenoxy) is 2. The summed E-state index contributed by atoms with van der Waals surface area (Å²) >= 11 is 0. The Morgan fingerprint density at radius 1 is 1.19 bits per heavy atom. The summed E-state index contributed by atoms with van der Waals surface area (Å²) in [7, 11) is 0. The fourth-order valence-corrected chi connectivity index (χ4v) is 2.00. The highest BCUT2D eigenvalue weighted by Crippen LogP contribution is 2.26. The molecule has 0 aromatic carbocycles. The third kappa shape index (κ3) is 4.94. The van der Waals surface area contributed by atoms with Gasteiger partial charge in [0, 0.05) is 6.61 Å². The minimum atomic E-state index is -0.662. The molecule has 1 fully saturated rings. The summed E-state index contributed by atoms with van der Waals surface area (Å²) in [6.07, 6.45) is 4.49. The largest absolute Gasteiger partial charge is 0.481 e. The monoisotopic (exact) mass is 230 g/mol. The van der Waals surface area contributed by atoms with Crippen molar-refractivity contribution >= 4 is 5.97 Å². The van der Waals surface area contributed by atoms with E-state index in [1.807, 2.05) is 0 Å². The molecular formula is C12H22O4. The zero-order valence-electron chi connectivity index (χ0n) is 9.98. The maximum absolute atomic E-state index is 10.7. The van der Waals surface area contributed by atoms with E-state index in [1.54, 1.807) is 0 Å². The van der Waals surface area contributed by atoms with Gasteiger partial charge in [-0.25, -0.2) is 0 Å². The van der Waals surface area contributed by atoms with Gasteiger partial charge >= 0.3 is 5.97 Å². The average molecular weight is 230 g/mol. The summed E-state index contributed by atoms with van der Waals surface area (Å²) in [5, 5.41) is 8.84. The minimum absolute atomic E-state index is 0.156. The third-order valence-corrected chi connectivity index (χ3v) is 2.95. The number of hydrogen-bond donors (Lipinski definition) is 1. The van der Waals surface area contributed by atoms with Gasteiger partial charge in [-0.1, -0.05) is 6.92 Å². The molecule has 0 aliphatic heterocycles. The smallest absolute Gasteiger partial charge is 0.306 e. The van der Waals surface area contributed by atoms with Crippen molar-refractivity contribution in [2.24, 2.45) is 5.92 Å². The molecule has 0 bridgehead atoms. The van der Waals surface area contributed by atoms with Gasteiger partial charge in [0.05, 0.1) is 25.2 Å². The molecule has 1 rings (SSSR count). The molecule has 0 saturated heterocycles. The van der Waals surface area contributed by atoms with Crippen molar-refractivity contribution in [3.8, 4) is 0 Å². The molecule has 0 spiro atoms. The van der Waals surface area contributed by atoms with Crippen LogP contribution in [0.2, 0.25) is 0 Å². The Hall–Kier alpha value is -0.610. The molecule has 0 atom stereocenters. The highest BCUT2D eigenvalue weighted by Gasteiger charge is 2.25. The van der Waals surface area contributed by atoms with Gasteiger partial charge < -0.3 is 14.6 Å². The van der Waals surface area contributed by atoms with Crippen molar-refractivity contribution in [2.75, 3.05) is 19.8 Å². The molecule has 4 nitrogen and oxygen atoms in total. The molecule has 16 heavy (non-hydrogen) atoms. The van der Waals surface area contributed by atoms with Crippen LogP contribution in [0.15, 0.2) is 0 Å². The lowest BCUT2D eigenvalue weighted by Crippen LogP contribution is -2.27. The van der Waals surface area contributed by atoms with E-state index in [9.17, 15) is 4.79 Å². The van der Waals surface area contributed by atoms with Gasteiger partial charge in [-0.3, -0.25) is 4.79 Å². The van der Waals surface area contributed by atoms with E-state index in [0.717, 1.165) is 38.7 Å². The molecule has 4 heteroatoms. The van der Waals surface area contributed by atoms with Crippen LogP contribution in [0, 0.1) is 5.92 Å². The summed E-state index contributed by atoms with van der Waals surface area (Å²) in [5.41, 5.74) is 0. The molecular weight excluding hydrogens is 208 g/mol. The van der Waals surface area contributed by atoms with E-state index in [4.69, 9.17) is 14.6 Å². The Kier molecular flexibility index (Phi) is 6.42. The summed E-state index contributed by atoms with van der Waals surface area (Å²) in [6, 6.07) is 0. The van der Waals surface area contributed by atoms with Crippen LogP contribution < -0.4 is 0 Å². The van der Waals surface area contributed by atoms with Crippen molar-refractivity contribution in [3.63, 3.8) is 0 Å². The van der Waals surface area contributed by atoms with Crippen LogP contribution in [0.4, 0.5) is 0 Å². The van der Waals surface area contributed by atoms with Crippen LogP contribution in [0.3, 0.4) is 0 Å². The van der Waals surface area contributed by atoms with Gasteiger partial charge in [-0.05, 0) is 32.1 Å². The summed E-state index contributed by atoms with van der Waals surface area (Å²) in [6.45, 7) is 4.14. The number of rotatable bonds is 7. The molecule has 0 radical (unpaired) electrons. The third-order valence-electron chi connectivity index (χ3n) is 2.95. The number of carboxylic acid groups (broad SMARTS) is 1. The molecule has 94 valence electrons. The molecule has 1 saturated carbocycles. The lowest BCUT2D eigenvalue weighted by atomic mass is 9.87. The van der Waals surface area contributed by atoms with Crippen LogP contribution in [-0.4, -0.2) is 37.0 Å². The molecule has 1 N–H and O–H groups in total. The second kappa shape index (κ2) is 7.63. The van der Waals surface area contributed by atoms with Crippen molar-refractivity contribution in [1.29, 1.82) is 0 Å². The van der Waals surface area contributed by atoms with E-state index in [1.165, 1.54) is 0 Å². The topological polar surface area (TPSA) is 55.8 Å². The Labute approximate surface area is 96.9 Å². The average Bonchev–Trinajstić information content (AvgIpc) is 2.29. The number of carbonyl (C=O) groups is 1. The van der Waals surface area contributed by atoms with E-state index in [2.05, 4.69) is 6.92 Å². The number of carboxylic acids is 1. The van der Waals surface area contributed by atoms with E-state index in [-0.39, 0.29) is 12.0 Å². The molecule has 0 aromatic heterocycles. The second-order valence-electron chi connectivity index (χ2n) is 4.30. The Balaban J connectivity index is 2.02. The standard InChI is InChI=1S/C12H22O4/c1-2-7-15-8-9-16-11-5-3-10(4-6-11)12(13)14/h10-11H,2-9H2,1H3,(H,13,14). The Bertz CT molecular complexity index is 197. The normalized spacial score (nSPS) is 25.6. The lowest BCUT2D eigenvalue weighted by molar-refractivity contribution is -0.143. The highest BCUT2D eigenvalue weighted by molar-refractivity contribution is 5.69. The van der Waals surface area contributed by atoms with E-state index < -0.39 is 5.97 Å². The van der Waals surface area contributed by atoms with Crippen LogP contribution in [0.25, 0.3) is 0 Å². The van der Waals surface area contributed by atoms with Crippen LogP contribution in [0.1, 0.15) is 39.0 Å².